The van der Waals surface area contributed by atoms with Crippen LogP contribution in [0.3, 0.4) is 0 Å². The van der Waals surface area contributed by atoms with E-state index in [2.05, 4.69) is 0 Å². The van der Waals surface area contributed by atoms with Crippen LogP contribution in [0, 0.1) is 0 Å². The summed E-state index contributed by atoms with van der Waals surface area (Å²) in [5, 5.41) is 0. The summed E-state index contributed by atoms with van der Waals surface area (Å²) in [6.45, 7) is 7.49. The summed E-state index contributed by atoms with van der Waals surface area (Å²) in [5.74, 6) is 0. The Kier molecular flexibility index (Phi) is 5.73. The highest BCUT2D eigenvalue weighted by Crippen LogP contribution is 2.34. The molecule has 0 radical (unpaired) electrons. The molecule has 16 heavy (non-hydrogen) atoms. The predicted octanol–water partition coefficient (Wildman–Crippen LogP) is 2.48. The van der Waals surface area contributed by atoms with Gasteiger partial charge in [-0.2, -0.15) is 0 Å². The van der Waals surface area contributed by atoms with Gasteiger partial charge in [-0.15, -0.1) is 0 Å². The minimum atomic E-state index is -0.123. The lowest BCUT2D eigenvalue weighted by molar-refractivity contribution is -0.101. The minimum Gasteiger partial charge on any atom is -0.377 e. The first-order valence-electron chi connectivity index (χ1n) is 6.62. The molecule has 0 aromatic rings. The van der Waals surface area contributed by atoms with Crippen LogP contribution >= 0.6 is 0 Å². The van der Waals surface area contributed by atoms with Crippen molar-refractivity contribution in [3.63, 3.8) is 0 Å². The highest BCUT2D eigenvalue weighted by atomic mass is 16.5. The molecule has 96 valence electrons. The Hall–Kier alpha value is -0.120. The molecule has 3 nitrogen and oxygen atoms in total. The third-order valence-corrected chi connectivity index (χ3v) is 3.42. The summed E-state index contributed by atoms with van der Waals surface area (Å²) < 4.78 is 11.6. The van der Waals surface area contributed by atoms with E-state index in [1.807, 2.05) is 20.8 Å². The summed E-state index contributed by atoms with van der Waals surface area (Å²) in [6, 6.07) is 0.00940. The highest BCUT2D eigenvalue weighted by Gasteiger charge is 2.38. The zero-order valence-corrected chi connectivity index (χ0v) is 11.0. The molecule has 1 saturated carbocycles. The molecule has 0 aromatic carbocycles. The first-order chi connectivity index (χ1) is 7.60. The largest absolute Gasteiger partial charge is 0.377 e. The van der Waals surface area contributed by atoms with Gasteiger partial charge in [-0.05, 0) is 33.6 Å². The minimum absolute atomic E-state index is 0.00940. The monoisotopic (exact) mass is 229 g/mol. The molecule has 0 aliphatic heterocycles. The number of hydrogen-bond donors (Lipinski definition) is 1. The zero-order chi connectivity index (χ0) is 12.0. The quantitative estimate of drug-likeness (QED) is 0.761. The van der Waals surface area contributed by atoms with Crippen LogP contribution in [-0.2, 0) is 9.47 Å². The Labute approximate surface area is 99.7 Å². The van der Waals surface area contributed by atoms with Crippen LogP contribution in [0.1, 0.15) is 52.9 Å². The fourth-order valence-electron chi connectivity index (χ4n) is 2.51. The maximum Gasteiger partial charge on any atom is 0.0855 e. The molecule has 1 aliphatic carbocycles. The lowest BCUT2D eigenvalue weighted by atomic mass is 9.79. The van der Waals surface area contributed by atoms with Crippen molar-refractivity contribution in [1.29, 1.82) is 0 Å². The van der Waals surface area contributed by atoms with Gasteiger partial charge in [0.05, 0.1) is 24.4 Å². The predicted molar refractivity (Wildman–Crippen MR) is 66.5 cm³/mol. The lowest BCUT2D eigenvalue weighted by Crippen LogP contribution is -2.54. The maximum atomic E-state index is 6.27. The number of ether oxygens (including phenoxy) is 2. The van der Waals surface area contributed by atoms with E-state index in [4.69, 9.17) is 15.2 Å². The molecule has 1 atom stereocenters. The molecule has 0 amide bonds. The van der Waals surface area contributed by atoms with E-state index in [0.717, 1.165) is 19.4 Å². The Bertz CT molecular complexity index is 183. The third-order valence-electron chi connectivity index (χ3n) is 3.42. The van der Waals surface area contributed by atoms with E-state index >= 15 is 0 Å². The molecule has 2 N–H and O–H groups in total. The lowest BCUT2D eigenvalue weighted by Gasteiger charge is -2.41. The van der Waals surface area contributed by atoms with Gasteiger partial charge in [-0.3, -0.25) is 0 Å². The van der Waals surface area contributed by atoms with Crippen molar-refractivity contribution >= 4 is 0 Å². The molecular formula is C13H27NO2. The van der Waals surface area contributed by atoms with Gasteiger partial charge in [0.1, 0.15) is 0 Å². The van der Waals surface area contributed by atoms with Gasteiger partial charge in [0.25, 0.3) is 0 Å². The number of rotatable bonds is 6. The van der Waals surface area contributed by atoms with Crippen molar-refractivity contribution in [1.82, 2.24) is 0 Å². The van der Waals surface area contributed by atoms with Gasteiger partial charge in [-0.25, -0.2) is 0 Å². The molecule has 1 unspecified atom stereocenters. The molecule has 0 heterocycles. The molecule has 0 spiro atoms. The van der Waals surface area contributed by atoms with Crippen LogP contribution in [0.4, 0.5) is 0 Å². The maximum absolute atomic E-state index is 6.27. The van der Waals surface area contributed by atoms with Gasteiger partial charge >= 0.3 is 0 Å². The van der Waals surface area contributed by atoms with Crippen LogP contribution in [0.15, 0.2) is 0 Å². The average Bonchev–Trinajstić information content (AvgIpc) is 2.27. The van der Waals surface area contributed by atoms with E-state index in [-0.39, 0.29) is 17.7 Å². The summed E-state index contributed by atoms with van der Waals surface area (Å²) in [6.07, 6.45) is 6.19. The fraction of sp³-hybridized carbons (Fsp3) is 1.00. The second-order valence-corrected chi connectivity index (χ2v) is 5.05. The van der Waals surface area contributed by atoms with Gasteiger partial charge in [-0.1, -0.05) is 19.3 Å². The highest BCUT2D eigenvalue weighted by molar-refractivity contribution is 4.93. The average molecular weight is 229 g/mol. The van der Waals surface area contributed by atoms with Crippen molar-refractivity contribution in [2.45, 2.75) is 70.6 Å². The molecule has 1 aliphatic rings. The zero-order valence-electron chi connectivity index (χ0n) is 11.0. The number of nitrogens with two attached hydrogens (primary N) is 1. The van der Waals surface area contributed by atoms with Gasteiger partial charge in [0.2, 0.25) is 0 Å². The first kappa shape index (κ1) is 13.9. The van der Waals surface area contributed by atoms with E-state index in [1.165, 1.54) is 19.3 Å². The summed E-state index contributed by atoms with van der Waals surface area (Å²) >= 11 is 0. The van der Waals surface area contributed by atoms with E-state index < -0.39 is 0 Å². The second kappa shape index (κ2) is 6.58. The Morgan fingerprint density at radius 3 is 2.31 bits per heavy atom. The van der Waals surface area contributed by atoms with E-state index in [9.17, 15) is 0 Å². The fourth-order valence-corrected chi connectivity index (χ4v) is 2.51. The Morgan fingerprint density at radius 2 is 1.81 bits per heavy atom. The molecule has 3 heteroatoms. The molecule has 0 aromatic heterocycles. The Morgan fingerprint density at radius 1 is 1.19 bits per heavy atom. The molecular weight excluding hydrogens is 202 g/mol. The van der Waals surface area contributed by atoms with Crippen LogP contribution < -0.4 is 5.73 Å². The normalized spacial score (nSPS) is 22.3. The molecule has 0 bridgehead atoms. The van der Waals surface area contributed by atoms with Crippen molar-refractivity contribution in [2.24, 2.45) is 5.73 Å². The molecule has 1 rings (SSSR count). The van der Waals surface area contributed by atoms with Crippen molar-refractivity contribution in [2.75, 3.05) is 13.2 Å². The Balaban J connectivity index is 2.53. The van der Waals surface area contributed by atoms with Crippen LogP contribution in [0.25, 0.3) is 0 Å². The van der Waals surface area contributed by atoms with Crippen molar-refractivity contribution in [3.05, 3.63) is 0 Å². The summed E-state index contributed by atoms with van der Waals surface area (Å²) in [4.78, 5) is 0. The van der Waals surface area contributed by atoms with Gasteiger partial charge < -0.3 is 15.2 Å². The topological polar surface area (TPSA) is 44.5 Å². The smallest absolute Gasteiger partial charge is 0.0855 e. The van der Waals surface area contributed by atoms with Crippen LogP contribution in [0.2, 0.25) is 0 Å². The van der Waals surface area contributed by atoms with Crippen molar-refractivity contribution in [3.8, 4) is 0 Å². The van der Waals surface area contributed by atoms with E-state index in [1.54, 1.807) is 0 Å². The van der Waals surface area contributed by atoms with Crippen molar-refractivity contribution < 1.29 is 9.47 Å². The van der Waals surface area contributed by atoms with Crippen LogP contribution in [0.5, 0.6) is 0 Å². The standard InChI is InChI=1S/C13H27NO2/c1-4-16-13(8-6-5-7-9-13)12(14)10-15-11(2)3/h11-12H,4-10,14H2,1-3H3. The number of hydrogen-bond acceptors (Lipinski definition) is 3. The summed E-state index contributed by atoms with van der Waals surface area (Å²) in [5.41, 5.74) is 6.14. The molecule has 0 saturated heterocycles. The van der Waals surface area contributed by atoms with Gasteiger partial charge in [0.15, 0.2) is 0 Å². The van der Waals surface area contributed by atoms with E-state index in [0.29, 0.717) is 6.61 Å². The van der Waals surface area contributed by atoms with Crippen LogP contribution in [-0.4, -0.2) is 31.0 Å². The first-order valence-corrected chi connectivity index (χ1v) is 6.62. The molecule has 1 fully saturated rings. The SMILES string of the molecule is CCOC1(C(N)COC(C)C)CCCCC1. The third kappa shape index (κ3) is 3.72. The summed E-state index contributed by atoms with van der Waals surface area (Å²) in [7, 11) is 0. The van der Waals surface area contributed by atoms with Gasteiger partial charge in [0, 0.05) is 6.61 Å². The second-order valence-electron chi connectivity index (χ2n) is 5.05.